The Morgan fingerprint density at radius 3 is 2.83 bits per heavy atom. The molecular weight excluding hydrogens is 375 g/mol. The number of oxazole rings is 1. The van der Waals surface area contributed by atoms with Crippen LogP contribution in [0.2, 0.25) is 0 Å². The van der Waals surface area contributed by atoms with Gasteiger partial charge in [0.05, 0.1) is 6.20 Å². The molecule has 0 N–H and O–H groups in total. The first-order chi connectivity index (χ1) is 14.1. The van der Waals surface area contributed by atoms with Crippen LogP contribution < -0.4 is 5.69 Å². The van der Waals surface area contributed by atoms with Crippen molar-refractivity contribution in [1.82, 2.24) is 19.4 Å². The molecule has 1 unspecified atom stereocenters. The summed E-state index contributed by atoms with van der Waals surface area (Å²) in [4.78, 5) is 34.5. The molecule has 0 bridgehead atoms. The van der Waals surface area contributed by atoms with Crippen molar-refractivity contribution in [2.24, 2.45) is 0 Å². The van der Waals surface area contributed by atoms with Crippen molar-refractivity contribution in [3.05, 3.63) is 82.4 Å². The van der Waals surface area contributed by atoms with Crippen LogP contribution in [0.3, 0.4) is 0 Å². The summed E-state index contributed by atoms with van der Waals surface area (Å²) >= 11 is 0. The van der Waals surface area contributed by atoms with E-state index >= 15 is 0 Å². The highest BCUT2D eigenvalue weighted by Gasteiger charge is 2.31. The minimum atomic E-state index is -0.452. The highest BCUT2D eigenvalue weighted by Crippen LogP contribution is 2.31. The van der Waals surface area contributed by atoms with Crippen LogP contribution in [0.15, 0.2) is 58.1 Å². The van der Waals surface area contributed by atoms with Crippen molar-refractivity contribution in [2.45, 2.75) is 38.3 Å². The van der Waals surface area contributed by atoms with Crippen LogP contribution in [0, 0.1) is 5.82 Å². The molecule has 4 rings (SSSR count). The van der Waals surface area contributed by atoms with E-state index in [1.54, 1.807) is 35.5 Å². The summed E-state index contributed by atoms with van der Waals surface area (Å²) in [6.07, 6.45) is 7.73. The van der Waals surface area contributed by atoms with Crippen molar-refractivity contribution in [3.63, 3.8) is 0 Å². The molecule has 0 saturated carbocycles. The maximum atomic E-state index is 13.1. The lowest BCUT2D eigenvalue weighted by Gasteiger charge is -2.33. The number of carbonyl (C=O) groups excluding carboxylic acids is 1. The van der Waals surface area contributed by atoms with E-state index in [9.17, 15) is 14.0 Å². The predicted octanol–water partition coefficient (Wildman–Crippen LogP) is 2.72. The Hall–Kier alpha value is -3.29. The lowest BCUT2D eigenvalue weighted by Crippen LogP contribution is -2.42. The van der Waals surface area contributed by atoms with Crippen molar-refractivity contribution in [3.8, 4) is 0 Å². The molecule has 0 spiro atoms. The zero-order chi connectivity index (χ0) is 20.2. The standard InChI is InChI=1S/C21H21FN4O3/c22-16-7-5-15(6-8-16)12-17-13-24-20(29-17)18-4-1-2-11-26(18)19(27)14-25-10-3-9-23-21(25)28/h3,5-10,13,18H,1-2,4,11-12,14H2. The van der Waals surface area contributed by atoms with Crippen LogP contribution in [0.25, 0.3) is 0 Å². The van der Waals surface area contributed by atoms with Gasteiger partial charge in [-0.05, 0) is 43.0 Å². The van der Waals surface area contributed by atoms with E-state index in [0.717, 1.165) is 24.8 Å². The average Bonchev–Trinajstić information content (AvgIpc) is 3.20. The Balaban J connectivity index is 1.49. The molecule has 3 heterocycles. The van der Waals surface area contributed by atoms with Gasteiger partial charge < -0.3 is 9.32 Å². The maximum Gasteiger partial charge on any atom is 0.347 e. The summed E-state index contributed by atoms with van der Waals surface area (Å²) in [5.41, 5.74) is 0.466. The fourth-order valence-corrected chi connectivity index (χ4v) is 3.59. The first kappa shape index (κ1) is 19.0. The van der Waals surface area contributed by atoms with Gasteiger partial charge in [-0.2, -0.15) is 0 Å². The molecule has 3 aromatic rings. The second-order valence-electron chi connectivity index (χ2n) is 7.10. The molecule has 0 radical (unpaired) electrons. The Labute approximate surface area is 166 Å². The number of hydrogen-bond acceptors (Lipinski definition) is 5. The van der Waals surface area contributed by atoms with Gasteiger partial charge in [0.2, 0.25) is 11.8 Å². The minimum absolute atomic E-state index is 0.0632. The Kier molecular flexibility index (Phi) is 5.50. The van der Waals surface area contributed by atoms with Crippen LogP contribution in [0.5, 0.6) is 0 Å². The normalized spacial score (nSPS) is 16.7. The van der Waals surface area contributed by atoms with Gasteiger partial charge in [0, 0.05) is 25.4 Å². The van der Waals surface area contributed by atoms with Crippen LogP contribution >= 0.6 is 0 Å². The molecular formula is C21H21FN4O3. The molecule has 1 aliphatic rings. The topological polar surface area (TPSA) is 81.2 Å². The van der Waals surface area contributed by atoms with E-state index in [-0.39, 0.29) is 24.3 Å². The quantitative estimate of drug-likeness (QED) is 0.662. The van der Waals surface area contributed by atoms with E-state index in [0.29, 0.717) is 24.6 Å². The van der Waals surface area contributed by atoms with Gasteiger partial charge in [-0.1, -0.05) is 12.1 Å². The first-order valence-corrected chi connectivity index (χ1v) is 9.60. The summed E-state index contributed by atoms with van der Waals surface area (Å²) in [5.74, 6) is 0.709. The van der Waals surface area contributed by atoms with Gasteiger partial charge in [0.15, 0.2) is 0 Å². The number of benzene rings is 1. The summed E-state index contributed by atoms with van der Waals surface area (Å²) in [6, 6.07) is 7.60. The van der Waals surface area contributed by atoms with Crippen molar-refractivity contribution in [1.29, 1.82) is 0 Å². The van der Waals surface area contributed by atoms with Gasteiger partial charge in [0.25, 0.3) is 0 Å². The minimum Gasteiger partial charge on any atom is -0.443 e. The SMILES string of the molecule is O=C(Cn1cccnc1=O)N1CCCCC1c1ncc(Cc2ccc(F)cc2)o1. The molecule has 1 saturated heterocycles. The van der Waals surface area contributed by atoms with Crippen molar-refractivity contribution in [2.75, 3.05) is 6.54 Å². The molecule has 29 heavy (non-hydrogen) atoms. The lowest BCUT2D eigenvalue weighted by molar-refractivity contribution is -0.136. The summed E-state index contributed by atoms with van der Waals surface area (Å²) in [5, 5.41) is 0. The lowest BCUT2D eigenvalue weighted by atomic mass is 10.0. The highest BCUT2D eigenvalue weighted by molar-refractivity contribution is 5.76. The molecule has 8 heteroatoms. The third-order valence-electron chi connectivity index (χ3n) is 5.06. The molecule has 1 atom stereocenters. The smallest absolute Gasteiger partial charge is 0.347 e. The van der Waals surface area contributed by atoms with Crippen LogP contribution in [0.1, 0.15) is 42.5 Å². The van der Waals surface area contributed by atoms with E-state index < -0.39 is 5.69 Å². The molecule has 150 valence electrons. The fourth-order valence-electron chi connectivity index (χ4n) is 3.59. The van der Waals surface area contributed by atoms with Gasteiger partial charge in [-0.15, -0.1) is 0 Å². The zero-order valence-corrected chi connectivity index (χ0v) is 15.8. The molecule has 1 aromatic carbocycles. The number of piperidine rings is 1. The maximum absolute atomic E-state index is 13.1. The van der Waals surface area contributed by atoms with E-state index in [1.807, 2.05) is 0 Å². The second-order valence-corrected chi connectivity index (χ2v) is 7.10. The summed E-state index contributed by atoms with van der Waals surface area (Å²) in [7, 11) is 0. The number of halogens is 1. The van der Waals surface area contributed by atoms with Crippen molar-refractivity contribution < 1.29 is 13.6 Å². The number of nitrogens with zero attached hydrogens (tertiary/aromatic N) is 4. The fraction of sp³-hybridized carbons (Fsp3) is 0.333. The highest BCUT2D eigenvalue weighted by atomic mass is 19.1. The number of carbonyl (C=O) groups is 1. The monoisotopic (exact) mass is 396 g/mol. The number of aromatic nitrogens is 3. The largest absolute Gasteiger partial charge is 0.443 e. The van der Waals surface area contributed by atoms with Gasteiger partial charge in [0.1, 0.15) is 24.2 Å². The van der Waals surface area contributed by atoms with E-state index in [2.05, 4.69) is 9.97 Å². The third-order valence-corrected chi connectivity index (χ3v) is 5.06. The summed E-state index contributed by atoms with van der Waals surface area (Å²) in [6.45, 7) is 0.528. The van der Waals surface area contributed by atoms with E-state index in [4.69, 9.17) is 4.42 Å². The Morgan fingerprint density at radius 2 is 2.03 bits per heavy atom. The van der Waals surface area contributed by atoms with Gasteiger partial charge >= 0.3 is 5.69 Å². The first-order valence-electron chi connectivity index (χ1n) is 9.60. The Bertz CT molecular complexity index is 1040. The molecule has 7 nitrogen and oxygen atoms in total. The van der Waals surface area contributed by atoms with Crippen LogP contribution in [-0.2, 0) is 17.8 Å². The molecule has 2 aromatic heterocycles. The van der Waals surface area contributed by atoms with Crippen molar-refractivity contribution >= 4 is 5.91 Å². The summed E-state index contributed by atoms with van der Waals surface area (Å²) < 4.78 is 20.3. The second kappa shape index (κ2) is 8.38. The zero-order valence-electron chi connectivity index (χ0n) is 15.8. The van der Waals surface area contributed by atoms with Crippen LogP contribution in [0.4, 0.5) is 4.39 Å². The average molecular weight is 396 g/mol. The van der Waals surface area contributed by atoms with E-state index in [1.165, 1.54) is 22.9 Å². The number of amides is 1. The van der Waals surface area contributed by atoms with Gasteiger partial charge in [-0.3, -0.25) is 9.36 Å². The number of hydrogen-bond donors (Lipinski definition) is 0. The van der Waals surface area contributed by atoms with Gasteiger partial charge in [-0.25, -0.2) is 19.2 Å². The molecule has 1 fully saturated rings. The third kappa shape index (κ3) is 4.42. The van der Waals surface area contributed by atoms with Crippen LogP contribution in [-0.4, -0.2) is 31.9 Å². The molecule has 1 aliphatic heterocycles. The molecule has 1 amide bonds. The number of rotatable bonds is 5. The predicted molar refractivity (Wildman–Crippen MR) is 103 cm³/mol. The Morgan fingerprint density at radius 1 is 1.21 bits per heavy atom. The number of likely N-dealkylation sites (tertiary alicyclic amines) is 1. The molecule has 0 aliphatic carbocycles.